The Balaban J connectivity index is 2.41. The second-order valence-electron chi connectivity index (χ2n) is 2.77. The number of nitrogens with zero attached hydrogens (tertiary/aromatic N) is 1. The van der Waals surface area contributed by atoms with Crippen molar-refractivity contribution in [2.45, 2.75) is 18.9 Å². The Kier molecular flexibility index (Phi) is 4.46. The maximum atomic E-state index is 11.0. The van der Waals surface area contributed by atoms with Crippen molar-refractivity contribution in [2.75, 3.05) is 12.4 Å². The molecule has 0 aromatic carbocycles. The number of carbonyl (C=O) groups is 1. The van der Waals surface area contributed by atoms with E-state index in [2.05, 4.69) is 4.98 Å². The van der Waals surface area contributed by atoms with E-state index in [9.17, 15) is 4.79 Å². The minimum absolute atomic E-state index is 0.194. The summed E-state index contributed by atoms with van der Waals surface area (Å²) in [5, 5.41) is 0.859. The Labute approximate surface area is 87.9 Å². The summed E-state index contributed by atoms with van der Waals surface area (Å²) < 4.78 is 4.81. The quantitative estimate of drug-likeness (QED) is 0.564. The molecule has 0 bridgehead atoms. The Morgan fingerprint density at radius 1 is 1.64 bits per heavy atom. The van der Waals surface area contributed by atoms with Gasteiger partial charge in [-0.3, -0.25) is 4.79 Å². The molecule has 4 heteroatoms. The Morgan fingerprint density at radius 3 is 3.07 bits per heavy atom. The first kappa shape index (κ1) is 11.0. The summed E-state index contributed by atoms with van der Waals surface area (Å²) in [7, 11) is 0. The van der Waals surface area contributed by atoms with E-state index < -0.39 is 0 Å². The third-order valence-corrected chi connectivity index (χ3v) is 2.43. The van der Waals surface area contributed by atoms with Crippen LogP contribution in [0.5, 0.6) is 0 Å². The van der Waals surface area contributed by atoms with Crippen molar-refractivity contribution in [3.8, 4) is 0 Å². The molecule has 0 spiro atoms. The fourth-order valence-electron chi connectivity index (χ4n) is 0.923. The molecule has 14 heavy (non-hydrogen) atoms. The molecule has 1 aromatic heterocycles. The number of ether oxygens (including phenoxy) is 1. The molecule has 3 nitrogen and oxygen atoms in total. The average molecular weight is 211 g/mol. The highest BCUT2D eigenvalue weighted by Crippen LogP contribution is 2.15. The number of esters is 1. The summed E-state index contributed by atoms with van der Waals surface area (Å²) in [6.07, 6.45) is 1.74. The predicted octanol–water partition coefficient (Wildman–Crippen LogP) is 2.05. The van der Waals surface area contributed by atoms with Crippen LogP contribution in [0.4, 0.5) is 0 Å². The Hall–Kier alpha value is -1.03. The number of pyridine rings is 1. The molecule has 0 aliphatic heterocycles. The largest absolute Gasteiger partial charge is 0.465 e. The zero-order valence-electron chi connectivity index (χ0n) is 8.32. The fraction of sp³-hybridized carbons (Fsp3) is 0.400. The van der Waals surface area contributed by atoms with Crippen LogP contribution in [-0.2, 0) is 9.53 Å². The van der Waals surface area contributed by atoms with Crippen LogP contribution >= 0.6 is 11.8 Å². The van der Waals surface area contributed by atoms with Gasteiger partial charge in [0.25, 0.3) is 0 Å². The molecule has 0 amide bonds. The zero-order valence-corrected chi connectivity index (χ0v) is 9.13. The van der Waals surface area contributed by atoms with E-state index in [0.717, 1.165) is 10.6 Å². The number of hydrogen-bond donors (Lipinski definition) is 0. The van der Waals surface area contributed by atoms with Gasteiger partial charge in [0.1, 0.15) is 0 Å². The normalized spacial score (nSPS) is 9.86. The minimum Gasteiger partial charge on any atom is -0.465 e. The lowest BCUT2D eigenvalue weighted by Gasteiger charge is -2.01. The van der Waals surface area contributed by atoms with Gasteiger partial charge in [-0.1, -0.05) is 11.8 Å². The van der Waals surface area contributed by atoms with E-state index in [0.29, 0.717) is 12.4 Å². The van der Waals surface area contributed by atoms with Gasteiger partial charge in [0.15, 0.2) is 0 Å². The zero-order chi connectivity index (χ0) is 10.4. The number of carbonyl (C=O) groups excluding carboxylic acids is 1. The smallest absolute Gasteiger partial charge is 0.316 e. The molecular weight excluding hydrogens is 198 g/mol. The number of aromatic nitrogens is 1. The second-order valence-corrected chi connectivity index (χ2v) is 3.76. The van der Waals surface area contributed by atoms with Crippen LogP contribution in [0.25, 0.3) is 0 Å². The van der Waals surface area contributed by atoms with Crippen molar-refractivity contribution in [2.24, 2.45) is 0 Å². The van der Waals surface area contributed by atoms with E-state index in [1.165, 1.54) is 11.8 Å². The van der Waals surface area contributed by atoms with Crippen LogP contribution < -0.4 is 0 Å². The summed E-state index contributed by atoms with van der Waals surface area (Å²) in [6, 6.07) is 3.87. The number of aryl methyl sites for hydroxylation is 1. The molecule has 0 saturated carbocycles. The number of rotatable bonds is 4. The van der Waals surface area contributed by atoms with Crippen molar-refractivity contribution >= 4 is 17.7 Å². The van der Waals surface area contributed by atoms with Crippen LogP contribution in [-0.4, -0.2) is 23.3 Å². The minimum atomic E-state index is -0.194. The maximum Gasteiger partial charge on any atom is 0.316 e. The standard InChI is InChI=1S/C10H13NO2S/c1-3-13-10(12)7-14-9-6-8(2)4-5-11-9/h4-6H,3,7H2,1-2H3. The molecule has 0 aliphatic rings. The molecule has 0 atom stereocenters. The SMILES string of the molecule is CCOC(=O)CSc1cc(C)ccn1. The van der Waals surface area contributed by atoms with Gasteiger partial charge in [0.05, 0.1) is 17.4 Å². The van der Waals surface area contributed by atoms with Gasteiger partial charge in [-0.05, 0) is 31.5 Å². The Bertz CT molecular complexity index is 315. The highest BCUT2D eigenvalue weighted by Gasteiger charge is 2.03. The van der Waals surface area contributed by atoms with Crippen molar-refractivity contribution < 1.29 is 9.53 Å². The van der Waals surface area contributed by atoms with E-state index in [1.807, 2.05) is 19.1 Å². The van der Waals surface area contributed by atoms with E-state index in [-0.39, 0.29) is 5.97 Å². The van der Waals surface area contributed by atoms with Gasteiger partial charge in [-0.25, -0.2) is 4.98 Å². The Morgan fingerprint density at radius 2 is 2.43 bits per heavy atom. The number of hydrogen-bond acceptors (Lipinski definition) is 4. The average Bonchev–Trinajstić information content (AvgIpc) is 2.15. The molecule has 0 N–H and O–H groups in total. The summed E-state index contributed by atoms with van der Waals surface area (Å²) >= 11 is 1.40. The van der Waals surface area contributed by atoms with Crippen LogP contribution in [0.2, 0.25) is 0 Å². The van der Waals surface area contributed by atoms with E-state index in [4.69, 9.17) is 4.74 Å². The van der Waals surface area contributed by atoms with E-state index in [1.54, 1.807) is 13.1 Å². The summed E-state index contributed by atoms with van der Waals surface area (Å²) in [5.74, 6) is 0.130. The molecule has 0 fully saturated rings. The van der Waals surface area contributed by atoms with Gasteiger partial charge in [-0.15, -0.1) is 0 Å². The van der Waals surface area contributed by atoms with Gasteiger partial charge in [-0.2, -0.15) is 0 Å². The van der Waals surface area contributed by atoms with Crippen molar-refractivity contribution in [3.05, 3.63) is 23.9 Å². The topological polar surface area (TPSA) is 39.2 Å². The molecule has 0 radical (unpaired) electrons. The van der Waals surface area contributed by atoms with Crippen LogP contribution in [0.1, 0.15) is 12.5 Å². The lowest BCUT2D eigenvalue weighted by molar-refractivity contribution is -0.139. The van der Waals surface area contributed by atoms with Gasteiger partial charge >= 0.3 is 5.97 Å². The van der Waals surface area contributed by atoms with Gasteiger partial charge in [0.2, 0.25) is 0 Å². The number of thioether (sulfide) groups is 1. The first-order valence-corrected chi connectivity index (χ1v) is 5.42. The first-order valence-electron chi connectivity index (χ1n) is 4.43. The highest BCUT2D eigenvalue weighted by atomic mass is 32.2. The van der Waals surface area contributed by atoms with Crippen LogP contribution in [0.3, 0.4) is 0 Å². The monoisotopic (exact) mass is 211 g/mol. The highest BCUT2D eigenvalue weighted by molar-refractivity contribution is 7.99. The van der Waals surface area contributed by atoms with Crippen molar-refractivity contribution in [3.63, 3.8) is 0 Å². The van der Waals surface area contributed by atoms with E-state index >= 15 is 0 Å². The molecular formula is C10H13NO2S. The lowest BCUT2D eigenvalue weighted by atomic mass is 10.3. The van der Waals surface area contributed by atoms with Gasteiger partial charge < -0.3 is 4.74 Å². The third-order valence-electron chi connectivity index (χ3n) is 1.53. The third kappa shape index (κ3) is 3.79. The molecule has 0 saturated heterocycles. The molecule has 0 aliphatic carbocycles. The molecule has 0 unspecified atom stereocenters. The summed E-state index contributed by atoms with van der Waals surface area (Å²) in [6.45, 7) is 4.23. The van der Waals surface area contributed by atoms with Gasteiger partial charge in [0, 0.05) is 6.20 Å². The molecule has 1 rings (SSSR count). The van der Waals surface area contributed by atoms with Crippen LogP contribution in [0.15, 0.2) is 23.4 Å². The maximum absolute atomic E-state index is 11.0. The van der Waals surface area contributed by atoms with Crippen molar-refractivity contribution in [1.29, 1.82) is 0 Å². The predicted molar refractivity (Wildman–Crippen MR) is 56.3 cm³/mol. The summed E-state index contributed by atoms with van der Waals surface area (Å²) in [5.41, 5.74) is 1.14. The summed E-state index contributed by atoms with van der Waals surface area (Å²) in [4.78, 5) is 15.2. The lowest BCUT2D eigenvalue weighted by Crippen LogP contribution is -2.06. The molecule has 1 aromatic rings. The second kappa shape index (κ2) is 5.65. The molecule has 1 heterocycles. The molecule has 76 valence electrons. The van der Waals surface area contributed by atoms with Crippen molar-refractivity contribution in [1.82, 2.24) is 4.98 Å². The van der Waals surface area contributed by atoms with Crippen LogP contribution in [0, 0.1) is 6.92 Å². The fourth-order valence-corrected chi connectivity index (χ4v) is 1.68. The first-order chi connectivity index (χ1) is 6.72.